The second kappa shape index (κ2) is 9.98. The number of piperazine rings is 1. The second-order valence-electron chi connectivity index (χ2n) is 7.72. The third kappa shape index (κ3) is 6.11. The van der Waals surface area contributed by atoms with E-state index in [9.17, 15) is 9.59 Å². The van der Waals surface area contributed by atoms with Crippen molar-refractivity contribution in [3.8, 4) is 10.6 Å². The Bertz CT molecular complexity index is 826. The number of carbonyl (C=O) groups excluding carboxylic acids is 2. The van der Waals surface area contributed by atoms with Crippen LogP contribution in [0.4, 0.5) is 0 Å². The lowest BCUT2D eigenvalue weighted by Crippen LogP contribution is -2.52. The first kappa shape index (κ1) is 21.5. The predicted octanol–water partition coefficient (Wildman–Crippen LogP) is 2.72. The smallest absolute Gasteiger partial charge is 0.234 e. The van der Waals surface area contributed by atoms with Gasteiger partial charge in [0.1, 0.15) is 5.01 Å². The molecule has 1 aliphatic heterocycles. The largest absolute Gasteiger partial charge is 0.353 e. The molecular weight excluding hydrogens is 384 g/mol. The van der Waals surface area contributed by atoms with Crippen LogP contribution >= 0.6 is 11.3 Å². The van der Waals surface area contributed by atoms with Gasteiger partial charge >= 0.3 is 0 Å². The van der Waals surface area contributed by atoms with Crippen molar-refractivity contribution in [2.75, 3.05) is 32.7 Å². The van der Waals surface area contributed by atoms with Gasteiger partial charge in [0.25, 0.3) is 0 Å². The molecule has 3 rings (SSSR count). The standard InChI is InChI=1S/C22H30N4O2S/c1-4-17(3)23-20(27)14-25-9-11-26(12-10-25)21(28)13-19-15-29-22(24-19)18-7-5-16(2)6-8-18/h5-8,15,17H,4,9-14H2,1-3H3,(H,23,27). The molecule has 6 nitrogen and oxygen atoms in total. The molecule has 2 heterocycles. The summed E-state index contributed by atoms with van der Waals surface area (Å²) in [6.07, 6.45) is 1.26. The molecule has 0 bridgehead atoms. The van der Waals surface area contributed by atoms with E-state index in [0.717, 1.165) is 35.8 Å². The Morgan fingerprint density at radius 3 is 2.52 bits per heavy atom. The third-order valence-electron chi connectivity index (χ3n) is 5.29. The predicted molar refractivity (Wildman–Crippen MR) is 117 cm³/mol. The molecule has 0 saturated carbocycles. The number of nitrogens with one attached hydrogen (secondary N) is 1. The summed E-state index contributed by atoms with van der Waals surface area (Å²) in [6.45, 7) is 9.30. The van der Waals surface area contributed by atoms with E-state index in [0.29, 0.717) is 26.1 Å². The molecule has 0 aliphatic carbocycles. The normalized spacial score (nSPS) is 15.9. The van der Waals surface area contributed by atoms with Crippen molar-refractivity contribution in [2.24, 2.45) is 0 Å². The van der Waals surface area contributed by atoms with Gasteiger partial charge in [-0.3, -0.25) is 14.5 Å². The van der Waals surface area contributed by atoms with Crippen LogP contribution in [0.15, 0.2) is 29.6 Å². The fourth-order valence-corrected chi connectivity index (χ4v) is 4.09. The Hall–Kier alpha value is -2.25. The summed E-state index contributed by atoms with van der Waals surface area (Å²) in [6, 6.07) is 8.48. The Labute approximate surface area is 176 Å². The molecular formula is C22H30N4O2S. The lowest BCUT2D eigenvalue weighted by Gasteiger charge is -2.34. The number of hydrogen-bond acceptors (Lipinski definition) is 5. The van der Waals surface area contributed by atoms with Crippen molar-refractivity contribution >= 4 is 23.2 Å². The van der Waals surface area contributed by atoms with E-state index >= 15 is 0 Å². The number of benzene rings is 1. The molecule has 7 heteroatoms. The van der Waals surface area contributed by atoms with E-state index < -0.39 is 0 Å². The Morgan fingerprint density at radius 1 is 1.17 bits per heavy atom. The number of amides is 2. The highest BCUT2D eigenvalue weighted by Gasteiger charge is 2.23. The first-order valence-corrected chi connectivity index (χ1v) is 11.1. The zero-order valence-electron chi connectivity index (χ0n) is 17.5. The van der Waals surface area contributed by atoms with Crippen molar-refractivity contribution < 1.29 is 9.59 Å². The molecule has 0 radical (unpaired) electrons. The highest BCUT2D eigenvalue weighted by Crippen LogP contribution is 2.24. The average Bonchev–Trinajstić information content (AvgIpc) is 3.17. The van der Waals surface area contributed by atoms with Gasteiger partial charge in [0, 0.05) is 43.2 Å². The summed E-state index contributed by atoms with van der Waals surface area (Å²) in [5.41, 5.74) is 3.13. The molecule has 1 aliphatic rings. The molecule has 1 aromatic heterocycles. The van der Waals surface area contributed by atoms with E-state index in [2.05, 4.69) is 53.3 Å². The van der Waals surface area contributed by atoms with Gasteiger partial charge < -0.3 is 10.2 Å². The third-order valence-corrected chi connectivity index (χ3v) is 6.23. The van der Waals surface area contributed by atoms with Crippen LogP contribution in [-0.4, -0.2) is 65.4 Å². The van der Waals surface area contributed by atoms with Crippen LogP contribution in [0.2, 0.25) is 0 Å². The minimum atomic E-state index is 0.0604. The number of aryl methyl sites for hydroxylation is 1. The lowest BCUT2D eigenvalue weighted by molar-refractivity contribution is -0.132. The minimum absolute atomic E-state index is 0.0604. The van der Waals surface area contributed by atoms with Crippen molar-refractivity contribution in [3.05, 3.63) is 40.9 Å². The van der Waals surface area contributed by atoms with Gasteiger partial charge in [0.15, 0.2) is 0 Å². The summed E-state index contributed by atoms with van der Waals surface area (Å²) in [5.74, 6) is 0.166. The first-order chi connectivity index (χ1) is 13.9. The SMILES string of the molecule is CCC(C)NC(=O)CN1CCN(C(=O)Cc2csc(-c3ccc(C)cc3)n2)CC1. The van der Waals surface area contributed by atoms with E-state index in [-0.39, 0.29) is 17.9 Å². The van der Waals surface area contributed by atoms with Gasteiger partial charge in [-0.15, -0.1) is 11.3 Å². The van der Waals surface area contributed by atoms with Gasteiger partial charge in [-0.1, -0.05) is 36.8 Å². The van der Waals surface area contributed by atoms with Crippen molar-refractivity contribution in [2.45, 2.75) is 39.7 Å². The van der Waals surface area contributed by atoms with Crippen LogP contribution in [0.1, 0.15) is 31.5 Å². The first-order valence-electron chi connectivity index (χ1n) is 10.3. The van der Waals surface area contributed by atoms with E-state index in [1.54, 1.807) is 11.3 Å². The molecule has 156 valence electrons. The molecule has 29 heavy (non-hydrogen) atoms. The molecule has 2 amide bonds. The van der Waals surface area contributed by atoms with E-state index in [1.807, 2.05) is 17.2 Å². The molecule has 1 N–H and O–H groups in total. The van der Waals surface area contributed by atoms with Gasteiger partial charge in [0.05, 0.1) is 18.7 Å². The van der Waals surface area contributed by atoms with Crippen LogP contribution in [-0.2, 0) is 16.0 Å². The van der Waals surface area contributed by atoms with Crippen LogP contribution in [0, 0.1) is 6.92 Å². The van der Waals surface area contributed by atoms with Gasteiger partial charge in [-0.2, -0.15) is 0 Å². The number of nitrogens with zero attached hydrogens (tertiary/aromatic N) is 3. The summed E-state index contributed by atoms with van der Waals surface area (Å²) in [4.78, 5) is 33.3. The fourth-order valence-electron chi connectivity index (χ4n) is 3.26. The minimum Gasteiger partial charge on any atom is -0.353 e. The lowest BCUT2D eigenvalue weighted by atomic mass is 10.2. The fraction of sp³-hybridized carbons (Fsp3) is 0.500. The summed E-state index contributed by atoms with van der Waals surface area (Å²) in [7, 11) is 0. The Kier molecular flexibility index (Phi) is 7.39. The van der Waals surface area contributed by atoms with Crippen molar-refractivity contribution in [3.63, 3.8) is 0 Å². The number of rotatable bonds is 7. The maximum absolute atomic E-state index is 12.7. The zero-order valence-corrected chi connectivity index (χ0v) is 18.3. The van der Waals surface area contributed by atoms with Gasteiger partial charge in [-0.05, 0) is 20.3 Å². The van der Waals surface area contributed by atoms with Crippen LogP contribution < -0.4 is 5.32 Å². The molecule has 1 unspecified atom stereocenters. The summed E-state index contributed by atoms with van der Waals surface area (Å²) >= 11 is 1.58. The molecule has 1 saturated heterocycles. The van der Waals surface area contributed by atoms with E-state index in [1.165, 1.54) is 5.56 Å². The van der Waals surface area contributed by atoms with Gasteiger partial charge in [0.2, 0.25) is 11.8 Å². The topological polar surface area (TPSA) is 65.5 Å². The van der Waals surface area contributed by atoms with Crippen molar-refractivity contribution in [1.29, 1.82) is 0 Å². The molecule has 1 aromatic carbocycles. The number of carbonyl (C=O) groups is 2. The second-order valence-corrected chi connectivity index (χ2v) is 8.58. The molecule has 2 aromatic rings. The summed E-state index contributed by atoms with van der Waals surface area (Å²) < 4.78 is 0. The molecule has 1 fully saturated rings. The number of aromatic nitrogens is 1. The Balaban J connectivity index is 1.46. The highest BCUT2D eigenvalue weighted by atomic mass is 32.1. The van der Waals surface area contributed by atoms with Gasteiger partial charge in [-0.25, -0.2) is 4.98 Å². The molecule has 0 spiro atoms. The quantitative estimate of drug-likeness (QED) is 0.757. The van der Waals surface area contributed by atoms with Crippen LogP contribution in [0.3, 0.4) is 0 Å². The van der Waals surface area contributed by atoms with Crippen LogP contribution in [0.25, 0.3) is 10.6 Å². The number of hydrogen-bond donors (Lipinski definition) is 1. The molecule has 1 atom stereocenters. The van der Waals surface area contributed by atoms with E-state index in [4.69, 9.17) is 0 Å². The number of thiazole rings is 1. The maximum atomic E-state index is 12.7. The maximum Gasteiger partial charge on any atom is 0.234 e. The van der Waals surface area contributed by atoms with Crippen LogP contribution in [0.5, 0.6) is 0 Å². The zero-order chi connectivity index (χ0) is 20.8. The highest BCUT2D eigenvalue weighted by molar-refractivity contribution is 7.13. The monoisotopic (exact) mass is 414 g/mol. The summed E-state index contributed by atoms with van der Waals surface area (Å²) in [5, 5.41) is 5.92. The Morgan fingerprint density at radius 2 is 1.86 bits per heavy atom. The average molecular weight is 415 g/mol. The van der Waals surface area contributed by atoms with Crippen molar-refractivity contribution in [1.82, 2.24) is 20.1 Å².